The number of unbranched alkanes of at least 4 members (excludes halogenated alkanes) is 23. The van der Waals surface area contributed by atoms with Crippen molar-refractivity contribution in [3.63, 3.8) is 0 Å². The number of benzene rings is 2. The van der Waals surface area contributed by atoms with Gasteiger partial charge < -0.3 is 29.1 Å². The first-order valence-electron chi connectivity index (χ1n) is 24.7. The predicted octanol–water partition coefficient (Wildman–Crippen LogP) is 13.4. The zero-order chi connectivity index (χ0) is 43.6. The molecule has 0 radical (unpaired) electrons. The summed E-state index contributed by atoms with van der Waals surface area (Å²) in [6.45, 7) is 8.61. The van der Waals surface area contributed by atoms with Gasteiger partial charge in [-0.25, -0.2) is 0 Å². The summed E-state index contributed by atoms with van der Waals surface area (Å²) in [5.41, 5.74) is 1.59. The molecule has 0 atom stereocenters. The lowest BCUT2D eigenvalue weighted by atomic mass is 10.1. The summed E-state index contributed by atoms with van der Waals surface area (Å²) in [6.07, 6.45) is 34.0. The van der Waals surface area contributed by atoms with Crippen molar-refractivity contribution < 1.29 is 28.0 Å². The van der Waals surface area contributed by atoms with E-state index < -0.39 is 0 Å². The molecule has 0 aromatic heterocycles. The Morgan fingerprint density at radius 3 is 0.950 bits per heavy atom. The molecule has 0 saturated carbocycles. The van der Waals surface area contributed by atoms with Gasteiger partial charge in [-0.3, -0.25) is 9.59 Å². The first kappa shape index (κ1) is 53.0. The molecular formula is C52H92N4O4+2. The number of carbonyl (C=O) groups is 2. The van der Waals surface area contributed by atoms with Crippen LogP contribution in [0.3, 0.4) is 0 Å². The van der Waals surface area contributed by atoms with Gasteiger partial charge >= 0.3 is 0 Å². The fourth-order valence-electron chi connectivity index (χ4n) is 7.95. The van der Waals surface area contributed by atoms with E-state index in [4.69, 9.17) is 9.47 Å². The second-order valence-corrected chi connectivity index (χ2v) is 19.0. The van der Waals surface area contributed by atoms with Gasteiger partial charge in [0.25, 0.3) is 11.8 Å². The zero-order valence-corrected chi connectivity index (χ0v) is 39.8. The van der Waals surface area contributed by atoms with Crippen LogP contribution in [0.25, 0.3) is 0 Å². The largest absolute Gasteiger partial charge is 0.494 e. The SMILES string of the molecule is CCCCCCCCCCCCCCOc1ccc(NC(=O)C[N+](C)(C)CCCC[N+](C)(C)CC(=O)Nc2ccc(OCCCCCCCCCCCCCC)cc2)cc1. The minimum atomic E-state index is 0.0112. The number of nitrogens with zero attached hydrogens (tertiary/aromatic N) is 2. The smallest absolute Gasteiger partial charge is 0.279 e. The van der Waals surface area contributed by atoms with Gasteiger partial charge in [0.15, 0.2) is 13.1 Å². The number of carbonyl (C=O) groups excluding carboxylic acids is 2. The molecule has 0 aliphatic heterocycles. The lowest BCUT2D eigenvalue weighted by Crippen LogP contribution is -2.48. The van der Waals surface area contributed by atoms with E-state index in [1.807, 2.05) is 48.5 Å². The Balaban J connectivity index is 1.51. The van der Waals surface area contributed by atoms with Crippen molar-refractivity contribution in [1.82, 2.24) is 0 Å². The van der Waals surface area contributed by atoms with Crippen molar-refractivity contribution in [1.29, 1.82) is 0 Å². The third kappa shape index (κ3) is 29.2. The van der Waals surface area contributed by atoms with Crippen LogP contribution >= 0.6 is 0 Å². The third-order valence-electron chi connectivity index (χ3n) is 11.7. The fourth-order valence-corrected chi connectivity index (χ4v) is 7.95. The van der Waals surface area contributed by atoms with Crippen molar-refractivity contribution in [2.45, 2.75) is 181 Å². The van der Waals surface area contributed by atoms with Crippen LogP contribution in [0.15, 0.2) is 48.5 Å². The molecule has 2 aromatic carbocycles. The molecule has 60 heavy (non-hydrogen) atoms. The Hall–Kier alpha value is -3.10. The highest BCUT2D eigenvalue weighted by Crippen LogP contribution is 2.19. The van der Waals surface area contributed by atoms with Crippen LogP contribution < -0.4 is 20.1 Å². The van der Waals surface area contributed by atoms with E-state index in [1.54, 1.807) is 0 Å². The van der Waals surface area contributed by atoms with Gasteiger partial charge in [0.2, 0.25) is 0 Å². The molecule has 2 rings (SSSR count). The Bertz CT molecular complexity index is 1240. The van der Waals surface area contributed by atoms with Crippen molar-refractivity contribution in [2.75, 3.05) is 78.2 Å². The van der Waals surface area contributed by atoms with E-state index in [0.717, 1.165) is 74.9 Å². The van der Waals surface area contributed by atoms with Crippen LogP contribution in [0.2, 0.25) is 0 Å². The Kier molecular flexibility index (Phi) is 29.6. The molecule has 0 heterocycles. The summed E-state index contributed by atoms with van der Waals surface area (Å²) in [7, 11) is 8.43. The molecule has 0 saturated heterocycles. The molecule has 0 unspecified atom stereocenters. The number of amides is 2. The molecule has 342 valence electrons. The number of hydrogen-bond donors (Lipinski definition) is 2. The van der Waals surface area contributed by atoms with Crippen LogP contribution in [0.5, 0.6) is 11.5 Å². The predicted molar refractivity (Wildman–Crippen MR) is 256 cm³/mol. The van der Waals surface area contributed by atoms with Gasteiger partial charge in [0, 0.05) is 24.2 Å². The molecule has 0 spiro atoms. The highest BCUT2D eigenvalue weighted by molar-refractivity contribution is 5.92. The van der Waals surface area contributed by atoms with Crippen molar-refractivity contribution in [3.8, 4) is 11.5 Å². The molecule has 2 aromatic rings. The Labute approximate surface area is 369 Å². The maximum atomic E-state index is 12.9. The number of anilines is 2. The first-order chi connectivity index (χ1) is 29.0. The van der Waals surface area contributed by atoms with Gasteiger partial charge in [-0.05, 0) is 61.4 Å². The van der Waals surface area contributed by atoms with E-state index in [9.17, 15) is 9.59 Å². The van der Waals surface area contributed by atoms with Gasteiger partial charge in [0.05, 0.1) is 54.5 Å². The highest BCUT2D eigenvalue weighted by atomic mass is 16.5. The molecule has 8 heteroatoms. The maximum absolute atomic E-state index is 12.9. The molecule has 8 nitrogen and oxygen atoms in total. The number of ether oxygens (including phenoxy) is 2. The second-order valence-electron chi connectivity index (χ2n) is 19.0. The van der Waals surface area contributed by atoms with Crippen LogP contribution in [0.1, 0.15) is 181 Å². The summed E-state index contributed by atoms with van der Waals surface area (Å²) in [5.74, 6) is 1.73. The molecular weight excluding hydrogens is 745 g/mol. The average molecular weight is 837 g/mol. The normalized spacial score (nSPS) is 11.8. The van der Waals surface area contributed by atoms with E-state index >= 15 is 0 Å². The molecule has 0 aliphatic rings. The van der Waals surface area contributed by atoms with Crippen molar-refractivity contribution in [2.24, 2.45) is 0 Å². The summed E-state index contributed by atoms with van der Waals surface area (Å²) in [6, 6.07) is 15.5. The van der Waals surface area contributed by atoms with E-state index in [-0.39, 0.29) is 11.8 Å². The topological polar surface area (TPSA) is 76.7 Å². The summed E-state index contributed by atoms with van der Waals surface area (Å²) in [5, 5.41) is 6.13. The van der Waals surface area contributed by atoms with Crippen LogP contribution in [-0.4, -0.2) is 88.4 Å². The van der Waals surface area contributed by atoms with Crippen molar-refractivity contribution in [3.05, 3.63) is 48.5 Å². The zero-order valence-electron chi connectivity index (χ0n) is 39.8. The molecule has 2 N–H and O–H groups in total. The molecule has 2 amide bonds. The van der Waals surface area contributed by atoms with Crippen molar-refractivity contribution >= 4 is 23.2 Å². The van der Waals surface area contributed by atoms with Gasteiger partial charge in [-0.2, -0.15) is 0 Å². The number of nitrogens with one attached hydrogen (secondary N) is 2. The Morgan fingerprint density at radius 2 is 0.667 bits per heavy atom. The first-order valence-corrected chi connectivity index (χ1v) is 24.7. The van der Waals surface area contributed by atoms with Crippen LogP contribution in [0.4, 0.5) is 11.4 Å². The summed E-state index contributed by atoms with van der Waals surface area (Å²) < 4.78 is 13.1. The minimum absolute atomic E-state index is 0.0112. The lowest BCUT2D eigenvalue weighted by molar-refractivity contribution is -0.888. The fraction of sp³-hybridized carbons (Fsp3) is 0.731. The summed E-state index contributed by atoms with van der Waals surface area (Å²) >= 11 is 0. The third-order valence-corrected chi connectivity index (χ3v) is 11.7. The standard InChI is InChI=1S/C52H90N4O4/c1-7-9-11-13-15-17-19-21-23-25-27-31-43-59-49-37-33-47(34-38-49)53-51(57)45-55(3,4)41-29-30-42-56(5,6)46-52(58)54-48-35-39-50(40-36-48)60-44-32-28-26-24-22-20-18-16-14-12-10-8-2/h33-40H,7-32,41-46H2,1-6H3/p+2. The molecule has 0 fully saturated rings. The number of rotatable bonds is 39. The summed E-state index contributed by atoms with van der Waals surface area (Å²) in [4.78, 5) is 25.9. The van der Waals surface area contributed by atoms with Crippen LogP contribution in [-0.2, 0) is 9.59 Å². The number of quaternary nitrogens is 2. The minimum Gasteiger partial charge on any atom is -0.494 e. The quantitative estimate of drug-likeness (QED) is 0.0519. The van der Waals surface area contributed by atoms with Gasteiger partial charge in [-0.1, -0.05) is 155 Å². The average Bonchev–Trinajstić information content (AvgIpc) is 3.21. The maximum Gasteiger partial charge on any atom is 0.279 e. The van der Waals surface area contributed by atoms with Crippen LogP contribution in [0, 0.1) is 0 Å². The molecule has 0 aliphatic carbocycles. The van der Waals surface area contributed by atoms with E-state index in [1.165, 1.54) is 141 Å². The number of hydrogen-bond acceptors (Lipinski definition) is 4. The number of likely N-dealkylation sites (N-methyl/N-ethyl adjacent to an activating group) is 2. The lowest BCUT2D eigenvalue weighted by Gasteiger charge is -2.31. The monoisotopic (exact) mass is 837 g/mol. The van der Waals surface area contributed by atoms with Gasteiger partial charge in [0.1, 0.15) is 11.5 Å². The Morgan fingerprint density at radius 1 is 0.400 bits per heavy atom. The van der Waals surface area contributed by atoms with Gasteiger partial charge in [-0.15, -0.1) is 0 Å². The van der Waals surface area contributed by atoms with E-state index in [0.29, 0.717) is 22.1 Å². The van der Waals surface area contributed by atoms with E-state index in [2.05, 4.69) is 52.7 Å². The second kappa shape index (κ2) is 33.5. The highest BCUT2D eigenvalue weighted by Gasteiger charge is 2.23. The molecule has 0 bridgehead atoms.